The summed E-state index contributed by atoms with van der Waals surface area (Å²) >= 11 is 0. The Morgan fingerprint density at radius 2 is 2.05 bits per heavy atom. The van der Waals surface area contributed by atoms with E-state index < -0.39 is 0 Å². The van der Waals surface area contributed by atoms with Crippen LogP contribution in [-0.4, -0.2) is 30.1 Å². The first-order valence-electron chi connectivity index (χ1n) is 7.70. The van der Waals surface area contributed by atoms with Crippen LogP contribution < -0.4 is 5.32 Å². The zero-order valence-electron chi connectivity index (χ0n) is 12.4. The van der Waals surface area contributed by atoms with Crippen molar-refractivity contribution >= 4 is 5.91 Å². The summed E-state index contributed by atoms with van der Waals surface area (Å²) in [6.45, 7) is 1.21. The SMILES string of the molecule is O=C(NCC(c1ccccc1)c1ccccn1)C1CCCO1. The summed E-state index contributed by atoms with van der Waals surface area (Å²) in [7, 11) is 0. The number of amides is 1. The van der Waals surface area contributed by atoms with Crippen LogP contribution in [0, 0.1) is 0 Å². The Bertz CT molecular complexity index is 555. The highest BCUT2D eigenvalue weighted by Crippen LogP contribution is 2.22. The van der Waals surface area contributed by atoms with Gasteiger partial charge in [0, 0.05) is 31.0 Å². The Morgan fingerprint density at radius 1 is 1.23 bits per heavy atom. The Morgan fingerprint density at radius 3 is 2.73 bits per heavy atom. The van der Waals surface area contributed by atoms with Gasteiger partial charge in [-0.1, -0.05) is 36.4 Å². The highest BCUT2D eigenvalue weighted by atomic mass is 16.5. The standard InChI is InChI=1S/C18H20N2O2/c21-18(17-10-6-12-22-17)20-13-15(14-7-2-1-3-8-14)16-9-4-5-11-19-16/h1-5,7-9,11,15,17H,6,10,12-13H2,(H,20,21). The van der Waals surface area contributed by atoms with Gasteiger partial charge >= 0.3 is 0 Å². The van der Waals surface area contributed by atoms with Crippen LogP contribution in [-0.2, 0) is 9.53 Å². The van der Waals surface area contributed by atoms with Crippen LogP contribution in [0.3, 0.4) is 0 Å². The van der Waals surface area contributed by atoms with Crippen molar-refractivity contribution in [3.63, 3.8) is 0 Å². The molecule has 0 saturated carbocycles. The minimum atomic E-state index is -0.292. The van der Waals surface area contributed by atoms with E-state index in [1.807, 2.05) is 36.4 Å². The Balaban J connectivity index is 1.73. The maximum atomic E-state index is 12.2. The van der Waals surface area contributed by atoms with Crippen LogP contribution >= 0.6 is 0 Å². The molecule has 0 spiro atoms. The average molecular weight is 296 g/mol. The molecule has 114 valence electrons. The molecule has 0 bridgehead atoms. The van der Waals surface area contributed by atoms with Crippen molar-refractivity contribution < 1.29 is 9.53 Å². The molecule has 4 nitrogen and oxygen atoms in total. The van der Waals surface area contributed by atoms with Gasteiger partial charge in [0.25, 0.3) is 0 Å². The molecule has 1 aliphatic heterocycles. The van der Waals surface area contributed by atoms with Gasteiger partial charge < -0.3 is 10.1 Å². The van der Waals surface area contributed by atoms with Crippen LogP contribution in [0.5, 0.6) is 0 Å². The van der Waals surface area contributed by atoms with Crippen LogP contribution in [0.1, 0.15) is 30.0 Å². The quantitative estimate of drug-likeness (QED) is 0.922. The maximum Gasteiger partial charge on any atom is 0.249 e. The summed E-state index contributed by atoms with van der Waals surface area (Å²) < 4.78 is 5.43. The number of rotatable bonds is 5. The fourth-order valence-corrected chi connectivity index (χ4v) is 2.76. The van der Waals surface area contributed by atoms with Crippen molar-refractivity contribution in [1.29, 1.82) is 0 Å². The zero-order valence-corrected chi connectivity index (χ0v) is 12.4. The molecule has 0 radical (unpaired) electrons. The molecule has 3 rings (SSSR count). The summed E-state index contributed by atoms with van der Waals surface area (Å²) in [4.78, 5) is 16.6. The first-order valence-corrected chi connectivity index (χ1v) is 7.70. The number of carbonyl (C=O) groups excluding carboxylic acids is 1. The number of nitrogens with one attached hydrogen (secondary N) is 1. The number of pyridine rings is 1. The second-order valence-electron chi connectivity index (χ2n) is 5.46. The predicted molar refractivity (Wildman–Crippen MR) is 84.5 cm³/mol. The minimum Gasteiger partial charge on any atom is -0.368 e. The summed E-state index contributed by atoms with van der Waals surface area (Å²) in [6, 6.07) is 16.0. The van der Waals surface area contributed by atoms with Gasteiger partial charge in [-0.2, -0.15) is 0 Å². The topological polar surface area (TPSA) is 51.2 Å². The van der Waals surface area contributed by atoms with Gasteiger partial charge in [0.05, 0.1) is 0 Å². The van der Waals surface area contributed by atoms with Gasteiger partial charge in [0.2, 0.25) is 5.91 Å². The van der Waals surface area contributed by atoms with Crippen LogP contribution in [0.15, 0.2) is 54.7 Å². The van der Waals surface area contributed by atoms with E-state index in [1.165, 1.54) is 0 Å². The van der Waals surface area contributed by atoms with Crippen LogP contribution in [0.2, 0.25) is 0 Å². The molecule has 1 aliphatic rings. The molecule has 22 heavy (non-hydrogen) atoms. The number of aromatic nitrogens is 1. The van der Waals surface area contributed by atoms with Gasteiger partial charge in [-0.3, -0.25) is 9.78 Å². The predicted octanol–water partition coefficient (Wildman–Crippen LogP) is 2.51. The summed E-state index contributed by atoms with van der Waals surface area (Å²) in [6.07, 6.45) is 3.26. The van der Waals surface area contributed by atoms with Gasteiger partial charge in [-0.25, -0.2) is 0 Å². The van der Waals surface area contributed by atoms with Crippen molar-refractivity contribution in [2.45, 2.75) is 24.9 Å². The smallest absolute Gasteiger partial charge is 0.249 e. The Kier molecular flexibility index (Phi) is 4.81. The third kappa shape index (κ3) is 3.52. The molecule has 2 atom stereocenters. The fourth-order valence-electron chi connectivity index (χ4n) is 2.76. The van der Waals surface area contributed by atoms with Gasteiger partial charge in [-0.15, -0.1) is 0 Å². The number of ether oxygens (including phenoxy) is 1. The van der Waals surface area contributed by atoms with E-state index in [9.17, 15) is 4.79 Å². The van der Waals surface area contributed by atoms with E-state index in [0.29, 0.717) is 13.2 Å². The highest BCUT2D eigenvalue weighted by Gasteiger charge is 2.24. The third-order valence-electron chi connectivity index (χ3n) is 3.95. The zero-order chi connectivity index (χ0) is 15.2. The molecule has 1 N–H and O–H groups in total. The third-order valence-corrected chi connectivity index (χ3v) is 3.95. The van der Waals surface area contributed by atoms with Crippen molar-refractivity contribution in [3.8, 4) is 0 Å². The lowest BCUT2D eigenvalue weighted by molar-refractivity contribution is -0.130. The Hall–Kier alpha value is -2.20. The van der Waals surface area contributed by atoms with Crippen molar-refractivity contribution in [1.82, 2.24) is 10.3 Å². The molecule has 1 aromatic carbocycles. The van der Waals surface area contributed by atoms with Crippen LogP contribution in [0.25, 0.3) is 0 Å². The molecule has 2 aromatic rings. The van der Waals surface area contributed by atoms with Gasteiger partial charge in [0.15, 0.2) is 0 Å². The molecular formula is C18H20N2O2. The van der Waals surface area contributed by atoms with Gasteiger partial charge in [0.1, 0.15) is 6.10 Å². The number of benzene rings is 1. The lowest BCUT2D eigenvalue weighted by Crippen LogP contribution is -2.37. The minimum absolute atomic E-state index is 0.0191. The first-order chi connectivity index (χ1) is 10.8. The van der Waals surface area contributed by atoms with Crippen molar-refractivity contribution in [2.24, 2.45) is 0 Å². The number of carbonyl (C=O) groups is 1. The van der Waals surface area contributed by atoms with E-state index in [2.05, 4.69) is 22.4 Å². The largest absolute Gasteiger partial charge is 0.368 e. The molecule has 4 heteroatoms. The molecule has 0 aliphatic carbocycles. The lowest BCUT2D eigenvalue weighted by atomic mass is 9.95. The monoisotopic (exact) mass is 296 g/mol. The van der Waals surface area contributed by atoms with Crippen molar-refractivity contribution in [3.05, 3.63) is 66.0 Å². The van der Waals surface area contributed by atoms with E-state index in [4.69, 9.17) is 4.74 Å². The van der Waals surface area contributed by atoms with E-state index >= 15 is 0 Å². The second kappa shape index (κ2) is 7.18. The Labute approximate surface area is 130 Å². The van der Waals surface area contributed by atoms with E-state index in [-0.39, 0.29) is 17.9 Å². The molecule has 2 unspecified atom stereocenters. The summed E-state index contributed by atoms with van der Waals surface area (Å²) in [5, 5.41) is 3.02. The normalized spacial score (nSPS) is 18.8. The number of hydrogen-bond donors (Lipinski definition) is 1. The lowest BCUT2D eigenvalue weighted by Gasteiger charge is -2.19. The maximum absolute atomic E-state index is 12.2. The summed E-state index contributed by atoms with van der Waals surface area (Å²) in [5.41, 5.74) is 2.11. The molecule has 2 heterocycles. The van der Waals surface area contributed by atoms with Crippen molar-refractivity contribution in [2.75, 3.05) is 13.2 Å². The molecule has 1 aromatic heterocycles. The molecule has 1 saturated heterocycles. The molecule has 1 amide bonds. The highest BCUT2D eigenvalue weighted by molar-refractivity contribution is 5.81. The van der Waals surface area contributed by atoms with Crippen LogP contribution in [0.4, 0.5) is 0 Å². The fraction of sp³-hybridized carbons (Fsp3) is 0.333. The van der Waals surface area contributed by atoms with Gasteiger partial charge in [-0.05, 0) is 30.5 Å². The average Bonchev–Trinajstić information content (AvgIpc) is 3.11. The number of nitrogens with zero attached hydrogens (tertiary/aromatic N) is 1. The first kappa shape index (κ1) is 14.7. The second-order valence-corrected chi connectivity index (χ2v) is 5.46. The molecule has 1 fully saturated rings. The van der Waals surface area contributed by atoms with E-state index in [1.54, 1.807) is 6.20 Å². The van der Waals surface area contributed by atoms with E-state index in [0.717, 1.165) is 24.1 Å². The number of hydrogen-bond acceptors (Lipinski definition) is 3. The summed E-state index contributed by atoms with van der Waals surface area (Å²) in [5.74, 6) is 0.0297. The molecular weight excluding hydrogens is 276 g/mol.